The van der Waals surface area contributed by atoms with Gasteiger partial charge >= 0.3 is 0 Å². The molecule has 0 aliphatic carbocycles. The van der Waals surface area contributed by atoms with Crippen molar-refractivity contribution in [2.45, 2.75) is 31.7 Å². The number of furan rings is 1. The fourth-order valence-electron chi connectivity index (χ4n) is 6.05. The van der Waals surface area contributed by atoms with Crippen molar-refractivity contribution in [3.8, 4) is 0 Å². The maximum Gasteiger partial charge on any atom is 0.140 e. The van der Waals surface area contributed by atoms with E-state index in [-0.39, 0.29) is 18.2 Å². The van der Waals surface area contributed by atoms with Crippen LogP contribution in [0.5, 0.6) is 0 Å². The molecule has 5 aromatic carbocycles. The minimum absolute atomic E-state index is 0.0265. The zero-order valence-electron chi connectivity index (χ0n) is 24.7. The van der Waals surface area contributed by atoms with Crippen LogP contribution >= 0.6 is 0 Å². The summed E-state index contributed by atoms with van der Waals surface area (Å²) in [6.07, 6.45) is 4.37. The maximum absolute atomic E-state index is 6.90. The van der Waals surface area contributed by atoms with Crippen molar-refractivity contribution in [3.05, 3.63) is 167 Å². The van der Waals surface area contributed by atoms with Crippen LogP contribution < -0.4 is 21.7 Å². The van der Waals surface area contributed by atoms with Crippen LogP contribution in [-0.2, 0) is 6.54 Å². The van der Waals surface area contributed by atoms with Gasteiger partial charge in [-0.25, -0.2) is 0 Å². The van der Waals surface area contributed by atoms with Crippen molar-refractivity contribution in [1.82, 2.24) is 16.0 Å². The Bertz CT molecular complexity index is 1960. The smallest absolute Gasteiger partial charge is 0.140 e. The first kappa shape index (κ1) is 27.7. The van der Waals surface area contributed by atoms with Crippen LogP contribution in [0, 0.1) is 0 Å². The minimum Gasteiger partial charge on any atom is -0.456 e. The highest BCUT2D eigenvalue weighted by Crippen LogP contribution is 2.34. The van der Waals surface area contributed by atoms with Crippen molar-refractivity contribution in [1.29, 1.82) is 0 Å². The van der Waals surface area contributed by atoms with Gasteiger partial charge in [0, 0.05) is 40.3 Å². The maximum atomic E-state index is 6.90. The molecule has 0 saturated heterocycles. The van der Waals surface area contributed by atoms with E-state index in [0.717, 1.165) is 44.3 Å². The summed E-state index contributed by atoms with van der Waals surface area (Å²) < 4.78 is 6.43. The zero-order chi connectivity index (χ0) is 29.9. The fraction of sp³-hybridized carbons (Fsp3) is 0.128. The van der Waals surface area contributed by atoms with E-state index in [9.17, 15) is 0 Å². The molecule has 0 saturated carbocycles. The van der Waals surface area contributed by atoms with Crippen LogP contribution in [0.15, 0.2) is 144 Å². The summed E-state index contributed by atoms with van der Waals surface area (Å²) in [6, 6.07) is 43.9. The second kappa shape index (κ2) is 12.3. The summed E-state index contributed by atoms with van der Waals surface area (Å²) in [5.41, 5.74) is 16.0. The number of rotatable bonds is 8. The Kier molecular flexibility index (Phi) is 7.72. The lowest BCUT2D eigenvalue weighted by atomic mass is 9.98. The third kappa shape index (κ3) is 5.76. The number of para-hydroxylation sites is 2. The predicted octanol–water partition coefficient (Wildman–Crippen LogP) is 8.04. The van der Waals surface area contributed by atoms with E-state index in [1.165, 1.54) is 11.1 Å². The quantitative estimate of drug-likeness (QED) is 0.148. The number of fused-ring (bicyclic) bond motifs is 3. The van der Waals surface area contributed by atoms with Gasteiger partial charge in [0.1, 0.15) is 17.3 Å². The van der Waals surface area contributed by atoms with Crippen LogP contribution in [0.1, 0.15) is 46.9 Å². The summed E-state index contributed by atoms with van der Waals surface area (Å²) in [4.78, 5) is 0. The Morgan fingerprint density at radius 2 is 1.57 bits per heavy atom. The van der Waals surface area contributed by atoms with Gasteiger partial charge in [-0.2, -0.15) is 0 Å². The molecule has 1 aliphatic heterocycles. The van der Waals surface area contributed by atoms with Gasteiger partial charge in [-0.1, -0.05) is 115 Å². The molecular weight excluding hydrogens is 540 g/mol. The average Bonchev–Trinajstić information content (AvgIpc) is 3.46. The third-order valence-electron chi connectivity index (χ3n) is 8.27. The van der Waals surface area contributed by atoms with Gasteiger partial charge in [0.2, 0.25) is 0 Å². The molecule has 5 N–H and O–H groups in total. The fourth-order valence-corrected chi connectivity index (χ4v) is 6.05. The standard InChI is InChI=1S/C39H36N4O/c1-26-22-35(43-39(42-26)28-14-6-3-7-15-28)30-17-10-16-29(23-30)34(40)24-36(41-25-27-12-4-2-5-13-27)33-20-11-19-32-31-18-8-9-21-37(31)44-38(32)33/h2-24,26,36,39,41-43H,25,40H2,1H3/b34-24-. The zero-order valence-corrected chi connectivity index (χ0v) is 24.7. The van der Waals surface area contributed by atoms with Crippen LogP contribution in [0.25, 0.3) is 33.3 Å². The molecule has 218 valence electrons. The van der Waals surface area contributed by atoms with Crippen LogP contribution in [-0.4, -0.2) is 6.04 Å². The summed E-state index contributed by atoms with van der Waals surface area (Å²) in [6.45, 7) is 2.87. The first-order chi connectivity index (χ1) is 21.6. The predicted molar refractivity (Wildman–Crippen MR) is 181 cm³/mol. The van der Waals surface area contributed by atoms with Crippen molar-refractivity contribution >= 4 is 33.3 Å². The molecule has 5 heteroatoms. The minimum atomic E-state index is -0.179. The topological polar surface area (TPSA) is 75.2 Å². The van der Waals surface area contributed by atoms with E-state index < -0.39 is 0 Å². The van der Waals surface area contributed by atoms with Crippen molar-refractivity contribution < 1.29 is 4.42 Å². The van der Waals surface area contributed by atoms with Crippen LogP contribution in [0.3, 0.4) is 0 Å². The van der Waals surface area contributed by atoms with Crippen LogP contribution in [0.4, 0.5) is 0 Å². The molecule has 0 bridgehead atoms. The lowest BCUT2D eigenvalue weighted by molar-refractivity contribution is 0.451. The second-order valence-corrected chi connectivity index (χ2v) is 11.4. The van der Waals surface area contributed by atoms with E-state index in [0.29, 0.717) is 12.2 Å². The monoisotopic (exact) mass is 576 g/mol. The average molecular weight is 577 g/mol. The van der Waals surface area contributed by atoms with Gasteiger partial charge in [-0.05, 0) is 53.5 Å². The Morgan fingerprint density at radius 3 is 2.41 bits per heavy atom. The van der Waals surface area contributed by atoms with Gasteiger partial charge < -0.3 is 20.8 Å². The Balaban J connectivity index is 1.23. The Morgan fingerprint density at radius 1 is 0.841 bits per heavy atom. The lowest BCUT2D eigenvalue weighted by Crippen LogP contribution is -2.42. The molecule has 1 aromatic heterocycles. The number of hydrogen-bond donors (Lipinski definition) is 4. The molecule has 3 unspecified atom stereocenters. The first-order valence-electron chi connectivity index (χ1n) is 15.2. The molecular formula is C39H36N4O. The largest absolute Gasteiger partial charge is 0.456 e. The molecule has 7 rings (SSSR count). The lowest BCUT2D eigenvalue weighted by Gasteiger charge is -2.31. The number of hydrogen-bond acceptors (Lipinski definition) is 5. The van der Waals surface area contributed by atoms with Gasteiger partial charge in [0.15, 0.2) is 0 Å². The molecule has 6 aromatic rings. The van der Waals surface area contributed by atoms with Crippen molar-refractivity contribution in [2.24, 2.45) is 5.73 Å². The van der Waals surface area contributed by atoms with E-state index >= 15 is 0 Å². The normalized spacial score (nSPS) is 17.8. The molecule has 5 nitrogen and oxygen atoms in total. The van der Waals surface area contributed by atoms with E-state index in [1.54, 1.807) is 0 Å². The molecule has 1 aliphatic rings. The molecule has 0 radical (unpaired) electrons. The molecule has 0 spiro atoms. The van der Waals surface area contributed by atoms with E-state index in [1.807, 2.05) is 24.3 Å². The highest BCUT2D eigenvalue weighted by Gasteiger charge is 2.21. The molecule has 0 amide bonds. The number of benzene rings is 5. The highest BCUT2D eigenvalue weighted by molar-refractivity contribution is 6.06. The molecule has 2 heterocycles. The molecule has 44 heavy (non-hydrogen) atoms. The number of nitrogens with one attached hydrogen (secondary N) is 3. The Labute approximate surface area is 258 Å². The summed E-state index contributed by atoms with van der Waals surface area (Å²) >= 11 is 0. The van der Waals surface area contributed by atoms with E-state index in [4.69, 9.17) is 10.2 Å². The first-order valence-corrected chi connectivity index (χ1v) is 15.2. The van der Waals surface area contributed by atoms with Crippen molar-refractivity contribution in [2.75, 3.05) is 0 Å². The summed E-state index contributed by atoms with van der Waals surface area (Å²) in [7, 11) is 0. The van der Waals surface area contributed by atoms with Gasteiger partial charge in [-0.3, -0.25) is 5.32 Å². The Hall–Kier alpha value is -5.10. The van der Waals surface area contributed by atoms with Crippen LogP contribution in [0.2, 0.25) is 0 Å². The van der Waals surface area contributed by atoms with Crippen molar-refractivity contribution in [3.63, 3.8) is 0 Å². The number of nitrogens with two attached hydrogens (primary N) is 1. The van der Waals surface area contributed by atoms with Gasteiger partial charge in [-0.15, -0.1) is 0 Å². The third-order valence-corrected chi connectivity index (χ3v) is 8.27. The summed E-state index contributed by atoms with van der Waals surface area (Å²) in [5, 5.41) is 13.3. The molecule has 3 atom stereocenters. The molecule has 0 fully saturated rings. The van der Waals surface area contributed by atoms with E-state index in [2.05, 4.69) is 138 Å². The van der Waals surface area contributed by atoms with Gasteiger partial charge in [0.25, 0.3) is 0 Å². The second-order valence-electron chi connectivity index (χ2n) is 11.4. The van der Waals surface area contributed by atoms with Gasteiger partial charge in [0.05, 0.1) is 6.04 Å². The summed E-state index contributed by atoms with van der Waals surface area (Å²) in [5.74, 6) is 0. The SMILES string of the molecule is CC1C=C(c2cccc(/C(N)=C/C(NCc3ccccc3)c3cccc4c3oc3ccccc34)c2)NC(c2ccccc2)N1. The highest BCUT2D eigenvalue weighted by atomic mass is 16.3.